The molecule has 0 bridgehead atoms. The quantitative estimate of drug-likeness (QED) is 0.736. The molecule has 1 heterocycles. The lowest BCUT2D eigenvalue weighted by Gasteiger charge is -2.15. The van der Waals surface area contributed by atoms with Gasteiger partial charge in [-0.05, 0) is 6.92 Å². The van der Waals surface area contributed by atoms with Gasteiger partial charge in [0.2, 0.25) is 11.9 Å². The molecule has 0 aliphatic carbocycles. The number of anilines is 1. The Morgan fingerprint density at radius 2 is 2.13 bits per heavy atom. The summed E-state index contributed by atoms with van der Waals surface area (Å²) in [5.74, 6) is 0.392. The van der Waals surface area contributed by atoms with E-state index in [2.05, 4.69) is 10.2 Å². The molecule has 84 valence electrons. The van der Waals surface area contributed by atoms with Crippen LogP contribution in [-0.4, -0.2) is 44.9 Å². The Morgan fingerprint density at radius 1 is 1.53 bits per heavy atom. The number of hydrogen-bond donors (Lipinski definition) is 1. The van der Waals surface area contributed by atoms with Gasteiger partial charge in [0.25, 0.3) is 0 Å². The Bertz CT molecular complexity index is 362. The summed E-state index contributed by atoms with van der Waals surface area (Å²) in [6, 6.07) is 0. The first-order valence-corrected chi connectivity index (χ1v) is 5.34. The SMILES string of the molecule is CC(Sc1nnc(N)n1C)C(=O)N(C)C. The Labute approximate surface area is 92.8 Å². The number of aromatic nitrogens is 3. The average molecular weight is 229 g/mol. The molecular formula is C8H15N5OS. The molecule has 0 aromatic carbocycles. The number of nitrogens with two attached hydrogens (primary N) is 1. The van der Waals surface area contributed by atoms with Crippen molar-refractivity contribution in [3.05, 3.63) is 0 Å². The van der Waals surface area contributed by atoms with Gasteiger partial charge in [-0.2, -0.15) is 0 Å². The highest BCUT2D eigenvalue weighted by Gasteiger charge is 2.19. The summed E-state index contributed by atoms with van der Waals surface area (Å²) in [5, 5.41) is 8.05. The Balaban J connectivity index is 2.70. The number of thioether (sulfide) groups is 1. The molecule has 15 heavy (non-hydrogen) atoms. The van der Waals surface area contributed by atoms with Crippen LogP contribution in [0.15, 0.2) is 5.16 Å². The van der Waals surface area contributed by atoms with Crippen LogP contribution in [0.2, 0.25) is 0 Å². The average Bonchev–Trinajstić information content (AvgIpc) is 2.48. The van der Waals surface area contributed by atoms with Gasteiger partial charge < -0.3 is 10.6 Å². The summed E-state index contributed by atoms with van der Waals surface area (Å²) in [6.07, 6.45) is 0. The van der Waals surface area contributed by atoms with Crippen molar-refractivity contribution >= 4 is 23.6 Å². The van der Waals surface area contributed by atoms with E-state index in [-0.39, 0.29) is 11.2 Å². The fraction of sp³-hybridized carbons (Fsp3) is 0.625. The van der Waals surface area contributed by atoms with Crippen molar-refractivity contribution in [1.29, 1.82) is 0 Å². The van der Waals surface area contributed by atoms with Crippen molar-refractivity contribution in [2.75, 3.05) is 19.8 Å². The van der Waals surface area contributed by atoms with Gasteiger partial charge in [0.15, 0.2) is 5.16 Å². The van der Waals surface area contributed by atoms with Crippen LogP contribution in [0.3, 0.4) is 0 Å². The summed E-state index contributed by atoms with van der Waals surface area (Å²) < 4.78 is 1.66. The number of nitrogen functional groups attached to an aromatic ring is 1. The topological polar surface area (TPSA) is 77.0 Å². The number of carbonyl (C=O) groups is 1. The summed E-state index contributed by atoms with van der Waals surface area (Å²) in [6.45, 7) is 1.83. The summed E-state index contributed by atoms with van der Waals surface area (Å²) in [7, 11) is 5.22. The van der Waals surface area contributed by atoms with Gasteiger partial charge in [0.05, 0.1) is 5.25 Å². The molecule has 0 spiro atoms. The van der Waals surface area contributed by atoms with E-state index in [9.17, 15) is 4.79 Å². The van der Waals surface area contributed by atoms with Gasteiger partial charge >= 0.3 is 0 Å². The maximum Gasteiger partial charge on any atom is 0.235 e. The predicted molar refractivity (Wildman–Crippen MR) is 59.4 cm³/mol. The molecule has 0 fully saturated rings. The minimum atomic E-state index is -0.192. The van der Waals surface area contributed by atoms with Crippen molar-refractivity contribution in [2.24, 2.45) is 7.05 Å². The van der Waals surface area contributed by atoms with E-state index >= 15 is 0 Å². The van der Waals surface area contributed by atoms with Crippen LogP contribution < -0.4 is 5.73 Å². The van der Waals surface area contributed by atoms with Gasteiger partial charge in [-0.25, -0.2) is 0 Å². The predicted octanol–water partition coefficient (Wildman–Crippen LogP) is -0.0339. The summed E-state index contributed by atoms with van der Waals surface area (Å²) >= 11 is 1.35. The molecule has 6 nitrogen and oxygen atoms in total. The van der Waals surface area contributed by atoms with Gasteiger partial charge in [0.1, 0.15) is 0 Å². The minimum Gasteiger partial charge on any atom is -0.368 e. The van der Waals surface area contributed by atoms with Crippen LogP contribution in [0.1, 0.15) is 6.92 Å². The molecule has 1 atom stereocenters. The van der Waals surface area contributed by atoms with Gasteiger partial charge in [0, 0.05) is 21.1 Å². The zero-order chi connectivity index (χ0) is 11.6. The first-order valence-electron chi connectivity index (χ1n) is 4.46. The van der Waals surface area contributed by atoms with Crippen LogP contribution in [0.4, 0.5) is 5.95 Å². The van der Waals surface area contributed by atoms with E-state index in [4.69, 9.17) is 5.73 Å². The van der Waals surface area contributed by atoms with Crippen molar-refractivity contribution in [2.45, 2.75) is 17.3 Å². The van der Waals surface area contributed by atoms with Crippen LogP contribution in [0, 0.1) is 0 Å². The highest BCUT2D eigenvalue weighted by Crippen LogP contribution is 2.22. The van der Waals surface area contributed by atoms with E-state index in [1.54, 1.807) is 30.6 Å². The second-order valence-electron chi connectivity index (χ2n) is 3.39. The fourth-order valence-electron chi connectivity index (χ4n) is 1.00. The number of amides is 1. The molecule has 1 aromatic heterocycles. The van der Waals surface area contributed by atoms with Crippen LogP contribution in [0.5, 0.6) is 0 Å². The molecule has 1 aromatic rings. The lowest BCUT2D eigenvalue weighted by atomic mass is 10.4. The fourth-order valence-corrected chi connectivity index (χ4v) is 1.97. The third-order valence-corrected chi connectivity index (χ3v) is 3.06. The van der Waals surface area contributed by atoms with E-state index in [1.807, 2.05) is 6.92 Å². The second kappa shape index (κ2) is 4.52. The molecule has 0 aliphatic rings. The highest BCUT2D eigenvalue weighted by atomic mass is 32.2. The Morgan fingerprint density at radius 3 is 2.53 bits per heavy atom. The molecule has 1 unspecified atom stereocenters. The zero-order valence-corrected chi connectivity index (χ0v) is 10.1. The molecule has 0 saturated carbocycles. The van der Waals surface area contributed by atoms with E-state index in [0.29, 0.717) is 11.1 Å². The first-order chi connectivity index (χ1) is 6.93. The molecule has 1 amide bonds. The largest absolute Gasteiger partial charge is 0.368 e. The Kier molecular flexibility index (Phi) is 3.57. The summed E-state index contributed by atoms with van der Waals surface area (Å²) in [5.41, 5.74) is 5.53. The minimum absolute atomic E-state index is 0.0431. The molecule has 2 N–H and O–H groups in total. The second-order valence-corrected chi connectivity index (χ2v) is 4.70. The number of nitrogens with zero attached hydrogens (tertiary/aromatic N) is 4. The lowest BCUT2D eigenvalue weighted by molar-refractivity contribution is -0.127. The van der Waals surface area contributed by atoms with Gasteiger partial charge in [-0.1, -0.05) is 11.8 Å². The smallest absolute Gasteiger partial charge is 0.235 e. The van der Waals surface area contributed by atoms with Crippen LogP contribution in [-0.2, 0) is 11.8 Å². The van der Waals surface area contributed by atoms with Crippen molar-refractivity contribution in [1.82, 2.24) is 19.7 Å². The van der Waals surface area contributed by atoms with Gasteiger partial charge in [-0.15, -0.1) is 10.2 Å². The number of hydrogen-bond acceptors (Lipinski definition) is 5. The molecule has 0 aliphatic heterocycles. The Hall–Kier alpha value is -1.24. The standard InChI is InChI=1S/C8H15N5OS/c1-5(6(14)12(2)3)15-8-11-10-7(9)13(8)4/h5H,1-4H3,(H2,9,10). The van der Waals surface area contributed by atoms with Crippen LogP contribution >= 0.6 is 11.8 Å². The highest BCUT2D eigenvalue weighted by molar-refractivity contribution is 8.00. The van der Waals surface area contributed by atoms with Crippen molar-refractivity contribution in [3.8, 4) is 0 Å². The van der Waals surface area contributed by atoms with Crippen molar-refractivity contribution in [3.63, 3.8) is 0 Å². The van der Waals surface area contributed by atoms with E-state index < -0.39 is 0 Å². The first kappa shape index (κ1) is 11.8. The molecular weight excluding hydrogens is 214 g/mol. The lowest BCUT2D eigenvalue weighted by Crippen LogP contribution is -2.29. The van der Waals surface area contributed by atoms with Gasteiger partial charge in [-0.3, -0.25) is 9.36 Å². The molecule has 0 radical (unpaired) electrons. The monoisotopic (exact) mass is 229 g/mol. The summed E-state index contributed by atoms with van der Waals surface area (Å²) in [4.78, 5) is 13.1. The molecule has 1 rings (SSSR count). The van der Waals surface area contributed by atoms with E-state index in [0.717, 1.165) is 0 Å². The third-order valence-electron chi connectivity index (χ3n) is 1.94. The number of carbonyl (C=O) groups excluding carboxylic acids is 1. The molecule has 7 heteroatoms. The van der Waals surface area contributed by atoms with Crippen LogP contribution in [0.25, 0.3) is 0 Å². The van der Waals surface area contributed by atoms with Crippen molar-refractivity contribution < 1.29 is 4.79 Å². The zero-order valence-electron chi connectivity index (χ0n) is 9.26. The third kappa shape index (κ3) is 2.62. The normalized spacial score (nSPS) is 12.5. The van der Waals surface area contributed by atoms with E-state index in [1.165, 1.54) is 11.8 Å². The maximum absolute atomic E-state index is 11.6. The molecule has 0 saturated heterocycles. The number of rotatable bonds is 3. The maximum atomic E-state index is 11.6.